The molecule has 3 aromatic rings. The number of ether oxygens (including phenoxy) is 1. The largest absolute Gasteiger partial charge is 0.465 e. The van der Waals surface area contributed by atoms with Crippen LogP contribution in [0.2, 0.25) is 0 Å². The van der Waals surface area contributed by atoms with Gasteiger partial charge in [-0.1, -0.05) is 0 Å². The van der Waals surface area contributed by atoms with Crippen molar-refractivity contribution in [3.63, 3.8) is 0 Å². The van der Waals surface area contributed by atoms with Crippen molar-refractivity contribution in [3.8, 4) is 0 Å². The maximum atomic E-state index is 12.6. The van der Waals surface area contributed by atoms with Gasteiger partial charge in [0, 0.05) is 5.92 Å². The standard InChI is InChI=1S/C16H14N2O4S3/c1-22-16(19)14-13(6-7-23-14)25(20,21)18-10-4-5-11-12(8-10)24-15(17-11)9-2-3-9/h4-9,18H,2-3H2,1H3. The average molecular weight is 394 g/mol. The monoisotopic (exact) mass is 394 g/mol. The second-order valence-electron chi connectivity index (χ2n) is 5.72. The van der Waals surface area contributed by atoms with Gasteiger partial charge in [0.15, 0.2) is 0 Å². The highest BCUT2D eigenvalue weighted by molar-refractivity contribution is 7.93. The van der Waals surface area contributed by atoms with Crippen LogP contribution in [-0.2, 0) is 14.8 Å². The van der Waals surface area contributed by atoms with Gasteiger partial charge >= 0.3 is 5.97 Å². The highest BCUT2D eigenvalue weighted by Gasteiger charge is 2.27. The summed E-state index contributed by atoms with van der Waals surface area (Å²) in [5.41, 5.74) is 1.32. The Morgan fingerprint density at radius 2 is 2.12 bits per heavy atom. The summed E-state index contributed by atoms with van der Waals surface area (Å²) in [4.78, 5) is 16.3. The van der Waals surface area contributed by atoms with Crippen molar-refractivity contribution in [3.05, 3.63) is 39.5 Å². The van der Waals surface area contributed by atoms with E-state index in [0.29, 0.717) is 11.6 Å². The lowest BCUT2D eigenvalue weighted by Crippen LogP contribution is -2.15. The first kappa shape index (κ1) is 16.5. The Balaban J connectivity index is 1.65. The van der Waals surface area contributed by atoms with E-state index in [-0.39, 0.29) is 9.77 Å². The minimum absolute atomic E-state index is 0.0601. The molecule has 2 heterocycles. The smallest absolute Gasteiger partial charge is 0.349 e. The van der Waals surface area contributed by atoms with E-state index >= 15 is 0 Å². The lowest BCUT2D eigenvalue weighted by molar-refractivity contribution is 0.0602. The molecule has 0 radical (unpaired) electrons. The van der Waals surface area contributed by atoms with Crippen LogP contribution in [-0.4, -0.2) is 26.5 Å². The molecule has 0 atom stereocenters. The number of fused-ring (bicyclic) bond motifs is 1. The number of carbonyl (C=O) groups excluding carboxylic acids is 1. The summed E-state index contributed by atoms with van der Waals surface area (Å²) in [5.74, 6) is -0.103. The molecule has 130 valence electrons. The minimum Gasteiger partial charge on any atom is -0.465 e. The molecule has 1 aromatic carbocycles. The molecule has 2 aromatic heterocycles. The number of thiazole rings is 1. The first-order valence-electron chi connectivity index (χ1n) is 7.57. The van der Waals surface area contributed by atoms with Gasteiger partial charge in [0.1, 0.15) is 9.77 Å². The molecule has 9 heteroatoms. The molecular formula is C16H14N2O4S3. The first-order valence-corrected chi connectivity index (χ1v) is 10.7. The zero-order chi connectivity index (χ0) is 17.6. The predicted molar refractivity (Wildman–Crippen MR) is 98.1 cm³/mol. The average Bonchev–Trinajstić information content (AvgIpc) is 3.15. The van der Waals surface area contributed by atoms with Crippen molar-refractivity contribution in [2.75, 3.05) is 11.8 Å². The fourth-order valence-electron chi connectivity index (χ4n) is 2.47. The second-order valence-corrected chi connectivity index (χ2v) is 9.35. The van der Waals surface area contributed by atoms with E-state index < -0.39 is 16.0 Å². The molecule has 1 aliphatic rings. The van der Waals surface area contributed by atoms with Crippen LogP contribution in [0.3, 0.4) is 0 Å². The van der Waals surface area contributed by atoms with Crippen molar-refractivity contribution in [1.29, 1.82) is 0 Å². The lowest BCUT2D eigenvalue weighted by Gasteiger charge is -2.08. The number of nitrogens with zero attached hydrogens (tertiary/aromatic N) is 1. The number of sulfonamides is 1. The molecular weight excluding hydrogens is 380 g/mol. The SMILES string of the molecule is COC(=O)c1sccc1S(=O)(=O)Nc1ccc2nc(C3CC3)sc2c1. The third kappa shape index (κ3) is 3.14. The maximum absolute atomic E-state index is 12.6. The van der Waals surface area contributed by atoms with E-state index in [1.54, 1.807) is 28.8 Å². The zero-order valence-corrected chi connectivity index (χ0v) is 15.6. The molecule has 0 spiro atoms. The van der Waals surface area contributed by atoms with Gasteiger partial charge < -0.3 is 4.74 Å². The van der Waals surface area contributed by atoms with Crippen LogP contribution in [0.1, 0.15) is 33.4 Å². The summed E-state index contributed by atoms with van der Waals surface area (Å²) in [7, 11) is -2.65. The Morgan fingerprint density at radius 3 is 2.84 bits per heavy atom. The van der Waals surface area contributed by atoms with Crippen LogP contribution >= 0.6 is 22.7 Å². The molecule has 4 rings (SSSR count). The Hall–Kier alpha value is -1.97. The predicted octanol–water partition coefficient (Wildman–Crippen LogP) is 3.82. The minimum atomic E-state index is -3.88. The summed E-state index contributed by atoms with van der Waals surface area (Å²) >= 11 is 2.63. The second kappa shape index (κ2) is 6.08. The Morgan fingerprint density at radius 1 is 1.32 bits per heavy atom. The van der Waals surface area contributed by atoms with Crippen LogP contribution < -0.4 is 4.72 Å². The summed E-state index contributed by atoms with van der Waals surface area (Å²) in [5, 5.41) is 2.66. The van der Waals surface area contributed by atoms with Crippen molar-refractivity contribution < 1.29 is 17.9 Å². The molecule has 1 saturated carbocycles. The quantitative estimate of drug-likeness (QED) is 0.665. The van der Waals surface area contributed by atoms with Crippen LogP contribution in [0.15, 0.2) is 34.5 Å². The van der Waals surface area contributed by atoms with Gasteiger partial charge in [0.25, 0.3) is 10.0 Å². The van der Waals surface area contributed by atoms with E-state index in [2.05, 4.69) is 14.4 Å². The van der Waals surface area contributed by atoms with Crippen molar-refractivity contribution in [1.82, 2.24) is 4.98 Å². The molecule has 1 aliphatic carbocycles. The lowest BCUT2D eigenvalue weighted by atomic mass is 10.3. The summed E-state index contributed by atoms with van der Waals surface area (Å²) in [6.45, 7) is 0. The van der Waals surface area contributed by atoms with Gasteiger partial charge in [-0.05, 0) is 42.5 Å². The number of rotatable bonds is 5. The third-order valence-corrected chi connectivity index (χ3v) is 7.50. The normalized spacial score (nSPS) is 14.6. The van der Waals surface area contributed by atoms with Gasteiger partial charge in [-0.25, -0.2) is 18.2 Å². The maximum Gasteiger partial charge on any atom is 0.349 e. The number of thiophene rings is 1. The number of nitrogens with one attached hydrogen (secondary N) is 1. The molecule has 25 heavy (non-hydrogen) atoms. The molecule has 1 N–H and O–H groups in total. The molecule has 0 amide bonds. The molecule has 6 nitrogen and oxygen atoms in total. The van der Waals surface area contributed by atoms with Gasteiger partial charge in [-0.3, -0.25) is 4.72 Å². The van der Waals surface area contributed by atoms with E-state index in [4.69, 9.17) is 0 Å². The molecule has 0 saturated heterocycles. The fourth-order valence-corrected chi connectivity index (χ4v) is 6.03. The molecule has 0 aliphatic heterocycles. The van der Waals surface area contributed by atoms with Gasteiger partial charge in [0.05, 0.1) is 28.0 Å². The number of hydrogen-bond acceptors (Lipinski definition) is 7. The van der Waals surface area contributed by atoms with Crippen molar-refractivity contribution in [2.24, 2.45) is 0 Å². The number of aromatic nitrogens is 1. The van der Waals surface area contributed by atoms with E-state index in [1.807, 2.05) is 6.07 Å². The Kier molecular flexibility index (Phi) is 4.01. The van der Waals surface area contributed by atoms with Gasteiger partial charge in [0.2, 0.25) is 0 Å². The summed E-state index contributed by atoms with van der Waals surface area (Å²) < 4.78 is 33.4. The number of esters is 1. The highest BCUT2D eigenvalue weighted by Crippen LogP contribution is 2.43. The number of benzene rings is 1. The van der Waals surface area contributed by atoms with E-state index in [1.165, 1.54) is 26.0 Å². The highest BCUT2D eigenvalue weighted by atomic mass is 32.2. The summed E-state index contributed by atoms with van der Waals surface area (Å²) in [6, 6.07) is 6.67. The van der Waals surface area contributed by atoms with Gasteiger partial charge in [-0.15, -0.1) is 22.7 Å². The van der Waals surface area contributed by atoms with E-state index in [0.717, 1.165) is 26.6 Å². The van der Waals surface area contributed by atoms with Gasteiger partial charge in [-0.2, -0.15) is 0 Å². The molecule has 0 unspecified atom stereocenters. The van der Waals surface area contributed by atoms with E-state index in [9.17, 15) is 13.2 Å². The molecule has 1 fully saturated rings. The number of hydrogen-bond donors (Lipinski definition) is 1. The molecule has 0 bridgehead atoms. The summed E-state index contributed by atoms with van der Waals surface area (Å²) in [6.07, 6.45) is 2.35. The fraction of sp³-hybridized carbons (Fsp3) is 0.250. The van der Waals surface area contributed by atoms with Crippen molar-refractivity contribution >= 4 is 54.6 Å². The van der Waals surface area contributed by atoms with Crippen LogP contribution in [0.5, 0.6) is 0 Å². The number of carbonyl (C=O) groups is 1. The van der Waals surface area contributed by atoms with Crippen LogP contribution in [0.4, 0.5) is 5.69 Å². The third-order valence-electron chi connectivity index (χ3n) is 3.87. The number of methoxy groups -OCH3 is 1. The Labute approximate surface area is 152 Å². The van der Waals surface area contributed by atoms with Crippen LogP contribution in [0, 0.1) is 0 Å². The topological polar surface area (TPSA) is 85.4 Å². The first-order chi connectivity index (χ1) is 12.0. The zero-order valence-electron chi connectivity index (χ0n) is 13.2. The van der Waals surface area contributed by atoms with Crippen molar-refractivity contribution in [2.45, 2.75) is 23.7 Å². The Bertz CT molecular complexity index is 1060. The van der Waals surface area contributed by atoms with Crippen LogP contribution in [0.25, 0.3) is 10.2 Å². The number of anilines is 1.